The molecule has 0 spiro atoms. The summed E-state index contributed by atoms with van der Waals surface area (Å²) < 4.78 is 0. The molecule has 0 bridgehead atoms. The van der Waals surface area contributed by atoms with Crippen LogP contribution in [0.4, 0.5) is 0 Å². The summed E-state index contributed by atoms with van der Waals surface area (Å²) in [5.41, 5.74) is 4.67. The Morgan fingerprint density at radius 2 is 2.06 bits per heavy atom. The van der Waals surface area contributed by atoms with Crippen LogP contribution >= 0.6 is 0 Å². The second-order valence-electron chi connectivity index (χ2n) is 5.67. The summed E-state index contributed by atoms with van der Waals surface area (Å²) >= 11 is 0. The number of likely N-dealkylation sites (N-methyl/N-ethyl adjacent to an activating group) is 1. The van der Waals surface area contributed by atoms with Crippen LogP contribution in [0.1, 0.15) is 20.8 Å². The quantitative estimate of drug-likeness (QED) is 0.702. The van der Waals surface area contributed by atoms with Gasteiger partial charge in [-0.15, -0.1) is 0 Å². The minimum atomic E-state index is -1.16. The molecule has 0 aromatic rings. The molecule has 1 fully saturated rings. The normalized spacial score (nSPS) is 26.3. The molecule has 0 radical (unpaired) electrons. The molecule has 5 nitrogen and oxygen atoms in total. The number of hydrogen-bond acceptors (Lipinski definition) is 4. The SMILES string of the molecule is CN1CCN(CC(C)(N)C(=O)O)CC1(C)C. The molecule has 1 aliphatic rings. The van der Waals surface area contributed by atoms with E-state index in [0.717, 1.165) is 19.6 Å². The van der Waals surface area contributed by atoms with Crippen molar-refractivity contribution in [3.05, 3.63) is 0 Å². The molecule has 1 atom stereocenters. The molecule has 94 valence electrons. The number of carboxylic acids is 1. The molecule has 16 heavy (non-hydrogen) atoms. The molecule has 1 unspecified atom stereocenters. The first-order valence-electron chi connectivity index (χ1n) is 5.61. The largest absolute Gasteiger partial charge is 0.480 e. The van der Waals surface area contributed by atoms with Crippen LogP contribution in [0.5, 0.6) is 0 Å². The van der Waals surface area contributed by atoms with E-state index in [1.54, 1.807) is 6.92 Å². The third kappa shape index (κ3) is 2.93. The number of nitrogens with two attached hydrogens (primary N) is 1. The molecule has 0 aromatic heterocycles. The number of nitrogens with zero attached hydrogens (tertiary/aromatic N) is 2. The Morgan fingerprint density at radius 1 is 1.50 bits per heavy atom. The van der Waals surface area contributed by atoms with E-state index in [-0.39, 0.29) is 5.54 Å². The lowest BCUT2D eigenvalue weighted by Gasteiger charge is -2.46. The van der Waals surface area contributed by atoms with Gasteiger partial charge in [0, 0.05) is 31.7 Å². The van der Waals surface area contributed by atoms with Crippen molar-refractivity contribution in [3.8, 4) is 0 Å². The molecule has 5 heteroatoms. The fraction of sp³-hybridized carbons (Fsp3) is 0.909. The van der Waals surface area contributed by atoms with Crippen molar-refractivity contribution in [1.29, 1.82) is 0 Å². The van der Waals surface area contributed by atoms with Gasteiger partial charge in [0.25, 0.3) is 0 Å². The second-order valence-corrected chi connectivity index (χ2v) is 5.67. The van der Waals surface area contributed by atoms with Gasteiger partial charge in [0.05, 0.1) is 0 Å². The predicted octanol–water partition coefficient (Wildman–Crippen LogP) is -0.186. The first kappa shape index (κ1) is 13.4. The average molecular weight is 229 g/mol. The Labute approximate surface area is 97.2 Å². The van der Waals surface area contributed by atoms with Gasteiger partial charge in [-0.25, -0.2) is 0 Å². The van der Waals surface area contributed by atoms with Gasteiger partial charge in [-0.3, -0.25) is 14.6 Å². The second kappa shape index (κ2) is 4.31. The van der Waals surface area contributed by atoms with Crippen LogP contribution in [0, 0.1) is 0 Å². The van der Waals surface area contributed by atoms with Crippen LogP contribution in [0.25, 0.3) is 0 Å². The fourth-order valence-corrected chi connectivity index (χ4v) is 2.01. The van der Waals surface area contributed by atoms with Crippen LogP contribution in [-0.2, 0) is 4.79 Å². The lowest BCUT2D eigenvalue weighted by Crippen LogP contribution is -2.62. The number of carboxylic acid groups (broad SMARTS) is 1. The van der Waals surface area contributed by atoms with E-state index < -0.39 is 11.5 Å². The summed E-state index contributed by atoms with van der Waals surface area (Å²) in [6.07, 6.45) is 0. The van der Waals surface area contributed by atoms with Crippen molar-refractivity contribution in [1.82, 2.24) is 9.80 Å². The summed E-state index contributed by atoms with van der Waals surface area (Å²) in [6, 6.07) is 0. The third-order valence-electron chi connectivity index (χ3n) is 3.44. The van der Waals surface area contributed by atoms with Crippen molar-refractivity contribution >= 4 is 5.97 Å². The van der Waals surface area contributed by atoms with E-state index in [1.165, 1.54) is 0 Å². The molecular formula is C11H23N3O2. The highest BCUT2D eigenvalue weighted by molar-refractivity contribution is 5.78. The van der Waals surface area contributed by atoms with Gasteiger partial charge in [0.2, 0.25) is 0 Å². The van der Waals surface area contributed by atoms with Gasteiger partial charge in [-0.1, -0.05) is 0 Å². The molecule has 1 heterocycles. The topological polar surface area (TPSA) is 69.8 Å². The van der Waals surface area contributed by atoms with Gasteiger partial charge >= 0.3 is 5.97 Å². The highest BCUT2D eigenvalue weighted by atomic mass is 16.4. The number of carbonyl (C=O) groups is 1. The fourth-order valence-electron chi connectivity index (χ4n) is 2.01. The van der Waals surface area contributed by atoms with Crippen molar-refractivity contribution < 1.29 is 9.90 Å². The van der Waals surface area contributed by atoms with E-state index >= 15 is 0 Å². The van der Waals surface area contributed by atoms with Gasteiger partial charge in [0.15, 0.2) is 0 Å². The molecule has 1 aliphatic heterocycles. The van der Waals surface area contributed by atoms with Crippen LogP contribution in [0.3, 0.4) is 0 Å². The molecule has 0 aliphatic carbocycles. The Morgan fingerprint density at radius 3 is 2.50 bits per heavy atom. The molecule has 0 aromatic carbocycles. The molecule has 1 saturated heterocycles. The van der Waals surface area contributed by atoms with Gasteiger partial charge in [-0.05, 0) is 27.8 Å². The Kier molecular flexibility index (Phi) is 3.62. The minimum Gasteiger partial charge on any atom is -0.480 e. The maximum atomic E-state index is 11.0. The van der Waals surface area contributed by atoms with Crippen molar-refractivity contribution in [2.45, 2.75) is 31.8 Å². The number of hydrogen-bond donors (Lipinski definition) is 2. The molecular weight excluding hydrogens is 206 g/mol. The van der Waals surface area contributed by atoms with E-state index in [4.69, 9.17) is 10.8 Å². The molecule has 0 amide bonds. The summed E-state index contributed by atoms with van der Waals surface area (Å²) in [6.45, 7) is 8.97. The number of piperazine rings is 1. The highest BCUT2D eigenvalue weighted by Gasteiger charge is 2.36. The van der Waals surface area contributed by atoms with Crippen LogP contribution in [-0.4, -0.2) is 65.2 Å². The molecule has 1 rings (SSSR count). The zero-order valence-corrected chi connectivity index (χ0v) is 10.7. The monoisotopic (exact) mass is 229 g/mol. The Bertz CT molecular complexity index is 276. The zero-order valence-electron chi connectivity index (χ0n) is 10.7. The third-order valence-corrected chi connectivity index (χ3v) is 3.44. The van der Waals surface area contributed by atoms with Gasteiger partial charge in [0.1, 0.15) is 5.54 Å². The Balaban J connectivity index is 2.61. The van der Waals surface area contributed by atoms with E-state index in [1.807, 2.05) is 0 Å². The zero-order chi connectivity index (χ0) is 12.6. The summed E-state index contributed by atoms with van der Waals surface area (Å²) in [5, 5.41) is 8.99. The minimum absolute atomic E-state index is 0.0762. The number of rotatable bonds is 3. The smallest absolute Gasteiger partial charge is 0.324 e. The Hall–Kier alpha value is -0.650. The van der Waals surface area contributed by atoms with Gasteiger partial charge < -0.3 is 10.8 Å². The maximum Gasteiger partial charge on any atom is 0.324 e. The average Bonchev–Trinajstić information content (AvgIpc) is 2.10. The van der Waals surface area contributed by atoms with Crippen molar-refractivity contribution in [2.24, 2.45) is 5.73 Å². The lowest BCUT2D eigenvalue weighted by molar-refractivity contribution is -0.143. The first-order chi connectivity index (χ1) is 7.15. The predicted molar refractivity (Wildman–Crippen MR) is 63.4 cm³/mol. The highest BCUT2D eigenvalue weighted by Crippen LogP contribution is 2.19. The molecule has 3 N–H and O–H groups in total. The van der Waals surface area contributed by atoms with Crippen molar-refractivity contribution in [2.75, 3.05) is 33.2 Å². The van der Waals surface area contributed by atoms with E-state index in [0.29, 0.717) is 6.54 Å². The summed E-state index contributed by atoms with van der Waals surface area (Å²) in [4.78, 5) is 15.4. The van der Waals surface area contributed by atoms with Gasteiger partial charge in [-0.2, -0.15) is 0 Å². The maximum absolute atomic E-state index is 11.0. The summed E-state index contributed by atoms with van der Waals surface area (Å²) in [5.74, 6) is -0.941. The standard InChI is InChI=1S/C11H23N3O2/c1-10(2)7-14(6-5-13(10)4)8-11(3,12)9(15)16/h5-8,12H2,1-4H3,(H,15,16). The number of aliphatic carboxylic acids is 1. The summed E-state index contributed by atoms with van der Waals surface area (Å²) in [7, 11) is 2.09. The van der Waals surface area contributed by atoms with Crippen LogP contribution in [0.2, 0.25) is 0 Å². The van der Waals surface area contributed by atoms with Crippen molar-refractivity contribution in [3.63, 3.8) is 0 Å². The first-order valence-corrected chi connectivity index (χ1v) is 5.61. The molecule has 0 saturated carbocycles. The van der Waals surface area contributed by atoms with Crippen LogP contribution < -0.4 is 5.73 Å². The van der Waals surface area contributed by atoms with E-state index in [2.05, 4.69) is 30.7 Å². The van der Waals surface area contributed by atoms with E-state index in [9.17, 15) is 4.79 Å². The lowest BCUT2D eigenvalue weighted by atomic mass is 9.97. The van der Waals surface area contributed by atoms with Crippen LogP contribution in [0.15, 0.2) is 0 Å².